The summed E-state index contributed by atoms with van der Waals surface area (Å²) in [5.74, 6) is -1.96. The number of piperazine rings is 1. The van der Waals surface area contributed by atoms with Gasteiger partial charge in [-0.25, -0.2) is 9.07 Å². The molecule has 14 heteroatoms. The highest BCUT2D eigenvalue weighted by molar-refractivity contribution is 5.95. The van der Waals surface area contributed by atoms with Crippen molar-refractivity contribution in [2.75, 3.05) is 45.9 Å². The Hall–Kier alpha value is -4.49. The number of alkyl halides is 1. The predicted molar refractivity (Wildman–Crippen MR) is 158 cm³/mol. The summed E-state index contributed by atoms with van der Waals surface area (Å²) < 4.78 is 20.5. The van der Waals surface area contributed by atoms with Crippen LogP contribution in [0.4, 0.5) is 4.39 Å². The lowest BCUT2D eigenvalue weighted by atomic mass is 9.93. The minimum Gasteiger partial charge on any atom is -0.467 e. The molecule has 2 N–H and O–H groups in total. The molecule has 2 saturated heterocycles. The molecule has 0 bridgehead atoms. The summed E-state index contributed by atoms with van der Waals surface area (Å²) in [6.07, 6.45) is 3.57. The van der Waals surface area contributed by atoms with Crippen molar-refractivity contribution in [1.29, 1.82) is 0 Å². The van der Waals surface area contributed by atoms with E-state index in [4.69, 9.17) is 4.74 Å². The Bertz CT molecular complexity index is 1440. The molecule has 0 radical (unpaired) electrons. The van der Waals surface area contributed by atoms with Crippen molar-refractivity contribution >= 4 is 29.5 Å². The molecule has 1 aromatic carbocycles. The smallest absolute Gasteiger partial charge is 0.272 e. The van der Waals surface area contributed by atoms with Crippen LogP contribution >= 0.6 is 0 Å². The number of halogens is 1. The SMILES string of the molecule is O=C(NCC(=O)N1CCN(C(=O)[C@H]2C[C@@H]2F)CC1)c1cc(OCC(=O)N2CCC[C@H]2C(=O)NC2CCC2)n(-c2ccccc2)n1. The fourth-order valence-corrected chi connectivity index (χ4v) is 5.93. The standard InChI is InChI=1S/C31H38FN7O6/c32-23-16-22(23)31(44)37-14-12-36(13-15-37)26(40)18-33-29(42)24-17-28(39(35-24)21-8-2-1-3-9-21)45-19-27(41)38-11-5-10-25(38)30(43)34-20-6-4-7-20/h1-3,8-9,17,20,22-23,25H,4-7,10-16,18-19H2,(H,33,42)(H,34,43)/t22-,23-,25-/m0/s1. The van der Waals surface area contributed by atoms with Gasteiger partial charge in [-0.3, -0.25) is 24.0 Å². The summed E-state index contributed by atoms with van der Waals surface area (Å²) in [5.41, 5.74) is 0.598. The van der Waals surface area contributed by atoms with Crippen molar-refractivity contribution in [3.05, 3.63) is 42.1 Å². The molecular formula is C31H38FN7O6. The lowest BCUT2D eigenvalue weighted by molar-refractivity contribution is -0.140. The van der Waals surface area contributed by atoms with Crippen LogP contribution in [0.15, 0.2) is 36.4 Å². The highest BCUT2D eigenvalue weighted by atomic mass is 19.1. The largest absolute Gasteiger partial charge is 0.467 e. The van der Waals surface area contributed by atoms with Gasteiger partial charge in [0.2, 0.25) is 23.6 Å². The van der Waals surface area contributed by atoms with Crippen LogP contribution in [0.25, 0.3) is 5.69 Å². The lowest BCUT2D eigenvalue weighted by Crippen LogP contribution is -2.53. The maximum atomic E-state index is 13.3. The predicted octanol–water partition coefficient (Wildman–Crippen LogP) is 0.669. The van der Waals surface area contributed by atoms with Crippen LogP contribution in [0.1, 0.15) is 49.0 Å². The van der Waals surface area contributed by atoms with Gasteiger partial charge in [0.25, 0.3) is 11.8 Å². The first-order chi connectivity index (χ1) is 21.8. The lowest BCUT2D eigenvalue weighted by Gasteiger charge is -2.34. The van der Waals surface area contributed by atoms with Gasteiger partial charge in [0.15, 0.2) is 12.3 Å². The van der Waals surface area contributed by atoms with Crippen molar-refractivity contribution in [2.24, 2.45) is 5.92 Å². The Labute approximate surface area is 260 Å². The molecule has 4 aliphatic rings. The minimum absolute atomic E-state index is 0.00588. The van der Waals surface area contributed by atoms with E-state index >= 15 is 0 Å². The Balaban J connectivity index is 1.05. The van der Waals surface area contributed by atoms with Crippen LogP contribution in [0, 0.1) is 5.92 Å². The van der Waals surface area contributed by atoms with E-state index in [-0.39, 0.29) is 60.8 Å². The van der Waals surface area contributed by atoms with Crippen molar-refractivity contribution in [3.63, 3.8) is 0 Å². The fraction of sp³-hybridized carbons (Fsp3) is 0.548. The number of hydrogen-bond donors (Lipinski definition) is 2. The van der Waals surface area contributed by atoms with Crippen molar-refractivity contribution in [2.45, 2.75) is 56.8 Å². The van der Waals surface area contributed by atoms with Crippen LogP contribution < -0.4 is 15.4 Å². The van der Waals surface area contributed by atoms with Crippen LogP contribution in [0.2, 0.25) is 0 Å². The highest BCUT2D eigenvalue weighted by Gasteiger charge is 2.46. The number of nitrogens with zero attached hydrogens (tertiary/aromatic N) is 5. The number of ether oxygens (including phenoxy) is 1. The van der Waals surface area contributed by atoms with Crippen molar-refractivity contribution < 1.29 is 33.1 Å². The molecule has 0 unspecified atom stereocenters. The third-order valence-electron chi connectivity index (χ3n) is 8.95. The summed E-state index contributed by atoms with van der Waals surface area (Å²) >= 11 is 0. The van der Waals surface area contributed by atoms with Gasteiger partial charge in [-0.05, 0) is 50.7 Å². The molecule has 4 fully saturated rings. The van der Waals surface area contributed by atoms with Crippen LogP contribution in [0.5, 0.6) is 5.88 Å². The first-order valence-electron chi connectivity index (χ1n) is 15.7. The summed E-state index contributed by atoms with van der Waals surface area (Å²) in [6, 6.07) is 10.0. The minimum atomic E-state index is -1.06. The highest BCUT2D eigenvalue weighted by Crippen LogP contribution is 2.35. The molecule has 1 aromatic heterocycles. The van der Waals surface area contributed by atoms with Gasteiger partial charge in [-0.2, -0.15) is 5.10 Å². The molecule has 0 spiro atoms. The van der Waals surface area contributed by atoms with E-state index < -0.39 is 24.0 Å². The molecular weight excluding hydrogens is 585 g/mol. The van der Waals surface area contributed by atoms with Gasteiger partial charge in [0.1, 0.15) is 12.2 Å². The van der Waals surface area contributed by atoms with Gasteiger partial charge in [0.05, 0.1) is 18.2 Å². The quantitative estimate of drug-likeness (QED) is 0.396. The molecule has 45 heavy (non-hydrogen) atoms. The van der Waals surface area contributed by atoms with Crippen molar-refractivity contribution in [1.82, 2.24) is 35.1 Å². The van der Waals surface area contributed by atoms with E-state index in [9.17, 15) is 28.4 Å². The van der Waals surface area contributed by atoms with Gasteiger partial charge >= 0.3 is 0 Å². The number of nitrogens with one attached hydrogen (secondary N) is 2. The fourth-order valence-electron chi connectivity index (χ4n) is 5.93. The van der Waals surface area contributed by atoms with Crippen LogP contribution in [-0.4, -0.2) is 118 Å². The van der Waals surface area contributed by atoms with E-state index in [0.29, 0.717) is 44.8 Å². The monoisotopic (exact) mass is 623 g/mol. The third-order valence-corrected chi connectivity index (χ3v) is 8.95. The zero-order valence-corrected chi connectivity index (χ0v) is 25.0. The second-order valence-corrected chi connectivity index (χ2v) is 12.0. The first kappa shape index (κ1) is 30.5. The Kier molecular flexibility index (Phi) is 8.99. The molecule has 6 rings (SSSR count). The van der Waals surface area contributed by atoms with Crippen LogP contribution in [0.3, 0.4) is 0 Å². The molecule has 2 aromatic rings. The molecule has 13 nitrogen and oxygen atoms in total. The number of para-hydroxylation sites is 1. The van der Waals surface area contributed by atoms with E-state index in [1.165, 1.54) is 10.7 Å². The molecule has 3 heterocycles. The number of aromatic nitrogens is 2. The topological polar surface area (TPSA) is 146 Å². The Morgan fingerprint density at radius 2 is 1.62 bits per heavy atom. The zero-order valence-electron chi connectivity index (χ0n) is 25.0. The molecule has 2 saturated carbocycles. The maximum Gasteiger partial charge on any atom is 0.272 e. The molecule has 2 aliphatic carbocycles. The number of amides is 5. The van der Waals surface area contributed by atoms with Crippen molar-refractivity contribution in [3.8, 4) is 11.6 Å². The van der Waals surface area contributed by atoms with Gasteiger partial charge in [0, 0.05) is 44.8 Å². The van der Waals surface area contributed by atoms with Crippen LogP contribution in [-0.2, 0) is 19.2 Å². The van der Waals surface area contributed by atoms with Gasteiger partial charge < -0.3 is 30.1 Å². The molecule has 5 amide bonds. The van der Waals surface area contributed by atoms with E-state index in [2.05, 4.69) is 15.7 Å². The van der Waals surface area contributed by atoms with E-state index in [1.807, 2.05) is 6.07 Å². The summed E-state index contributed by atoms with van der Waals surface area (Å²) in [6.45, 7) is 1.12. The summed E-state index contributed by atoms with van der Waals surface area (Å²) in [7, 11) is 0. The normalized spacial score (nSPS) is 22.9. The number of hydrogen-bond acceptors (Lipinski definition) is 7. The summed E-state index contributed by atoms with van der Waals surface area (Å²) in [4.78, 5) is 68.7. The first-order valence-corrected chi connectivity index (χ1v) is 15.7. The average molecular weight is 624 g/mol. The Morgan fingerprint density at radius 3 is 2.29 bits per heavy atom. The second kappa shape index (κ2) is 13.2. The number of likely N-dealkylation sites (tertiary alicyclic amines) is 1. The summed E-state index contributed by atoms with van der Waals surface area (Å²) in [5, 5.41) is 10.0. The maximum absolute atomic E-state index is 13.3. The number of rotatable bonds is 10. The number of carbonyl (C=O) groups excluding carboxylic acids is 5. The van der Waals surface area contributed by atoms with Gasteiger partial charge in [-0.1, -0.05) is 18.2 Å². The van der Waals surface area contributed by atoms with E-state index in [1.54, 1.807) is 39.0 Å². The zero-order chi connectivity index (χ0) is 31.5. The van der Waals surface area contributed by atoms with Gasteiger partial charge in [-0.15, -0.1) is 0 Å². The molecule has 3 atom stereocenters. The molecule has 240 valence electrons. The molecule has 2 aliphatic heterocycles. The average Bonchev–Trinajstić information content (AvgIpc) is 3.40. The Morgan fingerprint density at radius 1 is 0.911 bits per heavy atom. The number of carbonyl (C=O) groups is 5. The van der Waals surface area contributed by atoms with E-state index in [0.717, 1.165) is 25.7 Å². The third kappa shape index (κ3) is 6.94. The number of benzene rings is 1. The second-order valence-electron chi connectivity index (χ2n) is 12.0.